The molecule has 23 heavy (non-hydrogen) atoms. The van der Waals surface area contributed by atoms with E-state index in [1.807, 2.05) is 0 Å². The number of fused-ring (bicyclic) bond motifs is 2. The van der Waals surface area contributed by atoms with Gasteiger partial charge in [-0.15, -0.1) is 0 Å². The highest BCUT2D eigenvalue weighted by molar-refractivity contribution is 6.10. The largest absolute Gasteiger partial charge is 0.342 e. The summed E-state index contributed by atoms with van der Waals surface area (Å²) in [6, 6.07) is 17.2. The molecule has 3 heteroatoms. The highest BCUT2D eigenvalue weighted by Crippen LogP contribution is 2.40. The summed E-state index contributed by atoms with van der Waals surface area (Å²) in [5, 5.41) is 0. The maximum Gasteiger partial charge on any atom is 0.0870 e. The number of para-hydroxylation sites is 3. The molecule has 2 aromatic rings. The Balaban J connectivity index is 1.86. The van der Waals surface area contributed by atoms with Crippen molar-refractivity contribution in [2.75, 3.05) is 32.1 Å². The van der Waals surface area contributed by atoms with Gasteiger partial charge in [0.15, 0.2) is 0 Å². The van der Waals surface area contributed by atoms with Gasteiger partial charge < -0.3 is 9.80 Å². The van der Waals surface area contributed by atoms with Crippen LogP contribution in [-0.2, 0) is 0 Å². The molecule has 118 valence electrons. The van der Waals surface area contributed by atoms with Gasteiger partial charge in [0.25, 0.3) is 0 Å². The zero-order valence-corrected chi connectivity index (χ0v) is 13.9. The topological polar surface area (TPSA) is 18.8 Å². The molecule has 0 bridgehead atoms. The smallest absolute Gasteiger partial charge is 0.0870 e. The van der Waals surface area contributed by atoms with E-state index in [4.69, 9.17) is 4.99 Å². The fraction of sp³-hybridized carbons (Fsp3) is 0.350. The number of nitrogens with zero attached hydrogens (tertiary/aromatic N) is 3. The Morgan fingerprint density at radius 1 is 0.870 bits per heavy atom. The van der Waals surface area contributed by atoms with Crippen LogP contribution in [0.5, 0.6) is 0 Å². The third kappa shape index (κ3) is 2.55. The van der Waals surface area contributed by atoms with Crippen LogP contribution in [0.4, 0.5) is 17.1 Å². The van der Waals surface area contributed by atoms with Gasteiger partial charge in [-0.2, -0.15) is 0 Å². The first kappa shape index (κ1) is 14.5. The Bertz CT molecular complexity index is 742. The van der Waals surface area contributed by atoms with Gasteiger partial charge in [-0.25, -0.2) is 0 Å². The van der Waals surface area contributed by atoms with Crippen LogP contribution in [0, 0.1) is 5.92 Å². The number of aliphatic imine (C=N–C) groups is 1. The first-order valence-electron chi connectivity index (χ1n) is 8.43. The fourth-order valence-electron chi connectivity index (χ4n) is 3.74. The molecule has 0 N–H and O–H groups in total. The fourth-order valence-corrected chi connectivity index (χ4v) is 3.74. The molecule has 0 radical (unpaired) electrons. The molecule has 0 aliphatic carbocycles. The minimum atomic E-state index is 0.548. The third-order valence-electron chi connectivity index (χ3n) is 5.13. The predicted molar refractivity (Wildman–Crippen MR) is 97.4 cm³/mol. The average Bonchev–Trinajstić information content (AvgIpc) is 2.72. The van der Waals surface area contributed by atoms with E-state index in [-0.39, 0.29) is 0 Å². The first-order chi connectivity index (χ1) is 11.2. The third-order valence-corrected chi connectivity index (χ3v) is 5.13. The summed E-state index contributed by atoms with van der Waals surface area (Å²) in [4.78, 5) is 9.83. The second kappa shape index (κ2) is 5.82. The van der Waals surface area contributed by atoms with E-state index in [0.717, 1.165) is 18.8 Å². The van der Waals surface area contributed by atoms with Gasteiger partial charge in [0.1, 0.15) is 0 Å². The Hall–Kier alpha value is -2.13. The van der Waals surface area contributed by atoms with Crippen molar-refractivity contribution in [3.8, 4) is 0 Å². The number of piperidine rings is 1. The van der Waals surface area contributed by atoms with E-state index in [9.17, 15) is 0 Å². The summed E-state index contributed by atoms with van der Waals surface area (Å²) >= 11 is 0. The molecule has 0 amide bonds. The molecule has 2 aliphatic rings. The number of likely N-dealkylation sites (tertiary alicyclic amines) is 1. The lowest BCUT2D eigenvalue weighted by molar-refractivity contribution is 0.252. The molecule has 0 atom stereocenters. The number of rotatable bonds is 1. The van der Waals surface area contributed by atoms with Gasteiger partial charge in [0.05, 0.1) is 22.8 Å². The molecule has 2 aromatic carbocycles. The van der Waals surface area contributed by atoms with E-state index in [1.165, 1.54) is 35.5 Å². The molecule has 2 aliphatic heterocycles. The molecule has 2 heterocycles. The summed E-state index contributed by atoms with van der Waals surface area (Å²) in [6.07, 6.45) is 2.38. The van der Waals surface area contributed by atoms with Crippen molar-refractivity contribution in [2.24, 2.45) is 10.9 Å². The van der Waals surface area contributed by atoms with Crippen molar-refractivity contribution in [2.45, 2.75) is 12.8 Å². The Kier molecular flexibility index (Phi) is 3.66. The summed E-state index contributed by atoms with van der Waals surface area (Å²) in [5.41, 5.74) is 6.09. The van der Waals surface area contributed by atoms with Crippen LogP contribution >= 0.6 is 0 Å². The van der Waals surface area contributed by atoms with E-state index >= 15 is 0 Å². The lowest BCUT2D eigenvalue weighted by Crippen LogP contribution is -2.34. The van der Waals surface area contributed by atoms with Gasteiger partial charge in [-0.05, 0) is 51.2 Å². The molecular weight excluding hydrogens is 282 g/mol. The van der Waals surface area contributed by atoms with Crippen LogP contribution < -0.4 is 4.90 Å². The minimum Gasteiger partial charge on any atom is -0.342 e. The quantitative estimate of drug-likeness (QED) is 0.785. The van der Waals surface area contributed by atoms with Gasteiger partial charge >= 0.3 is 0 Å². The summed E-state index contributed by atoms with van der Waals surface area (Å²) in [5.74, 6) is 0.548. The van der Waals surface area contributed by atoms with Crippen LogP contribution in [-0.4, -0.2) is 37.8 Å². The van der Waals surface area contributed by atoms with Gasteiger partial charge in [-0.1, -0.05) is 30.3 Å². The summed E-state index contributed by atoms with van der Waals surface area (Å²) in [6.45, 7) is 2.31. The molecule has 3 nitrogen and oxygen atoms in total. The lowest BCUT2D eigenvalue weighted by Gasteiger charge is -2.30. The van der Waals surface area contributed by atoms with Crippen molar-refractivity contribution < 1.29 is 0 Å². The highest BCUT2D eigenvalue weighted by Gasteiger charge is 2.27. The SMILES string of the molecule is CN1CCC(C2=Nc3ccccc3N(C)c3ccccc32)CC1. The van der Waals surface area contributed by atoms with Crippen LogP contribution in [0.3, 0.4) is 0 Å². The average molecular weight is 305 g/mol. The van der Waals surface area contributed by atoms with Crippen molar-refractivity contribution in [3.63, 3.8) is 0 Å². The molecule has 1 fully saturated rings. The number of anilines is 2. The first-order valence-corrected chi connectivity index (χ1v) is 8.43. The van der Waals surface area contributed by atoms with E-state index in [1.54, 1.807) is 0 Å². The van der Waals surface area contributed by atoms with Crippen molar-refractivity contribution in [1.29, 1.82) is 0 Å². The monoisotopic (exact) mass is 305 g/mol. The Morgan fingerprint density at radius 2 is 1.52 bits per heavy atom. The van der Waals surface area contributed by atoms with Crippen LogP contribution in [0.25, 0.3) is 0 Å². The summed E-state index contributed by atoms with van der Waals surface area (Å²) < 4.78 is 0. The van der Waals surface area contributed by atoms with Crippen molar-refractivity contribution >= 4 is 22.8 Å². The van der Waals surface area contributed by atoms with Gasteiger partial charge in [0, 0.05) is 18.5 Å². The normalized spacial score (nSPS) is 18.9. The Morgan fingerprint density at radius 3 is 2.30 bits per heavy atom. The molecule has 0 aromatic heterocycles. The van der Waals surface area contributed by atoms with Gasteiger partial charge in [0.2, 0.25) is 0 Å². The molecular formula is C20H23N3. The number of hydrogen-bond donors (Lipinski definition) is 0. The van der Waals surface area contributed by atoms with Gasteiger partial charge in [-0.3, -0.25) is 4.99 Å². The molecule has 1 saturated heterocycles. The maximum atomic E-state index is 5.14. The second-order valence-electron chi connectivity index (χ2n) is 6.64. The van der Waals surface area contributed by atoms with E-state index in [0.29, 0.717) is 5.92 Å². The highest BCUT2D eigenvalue weighted by atomic mass is 15.1. The number of hydrogen-bond acceptors (Lipinski definition) is 3. The van der Waals surface area contributed by atoms with Crippen LogP contribution in [0.1, 0.15) is 18.4 Å². The van der Waals surface area contributed by atoms with E-state index in [2.05, 4.69) is 72.4 Å². The standard InChI is InChI=1S/C20H23N3/c1-22-13-11-15(12-14-22)20-16-7-3-5-9-18(16)23(2)19-10-6-4-8-17(19)21-20/h3-10,15H,11-14H2,1-2H3. The molecule has 0 spiro atoms. The minimum absolute atomic E-state index is 0.548. The molecule has 0 saturated carbocycles. The van der Waals surface area contributed by atoms with Crippen molar-refractivity contribution in [1.82, 2.24) is 4.90 Å². The second-order valence-corrected chi connectivity index (χ2v) is 6.64. The Labute approximate surface area is 138 Å². The summed E-state index contributed by atoms with van der Waals surface area (Å²) in [7, 11) is 4.35. The zero-order valence-electron chi connectivity index (χ0n) is 13.9. The van der Waals surface area contributed by atoms with Crippen LogP contribution in [0.15, 0.2) is 53.5 Å². The predicted octanol–water partition coefficient (Wildman–Crippen LogP) is 4.23. The van der Waals surface area contributed by atoms with Crippen molar-refractivity contribution in [3.05, 3.63) is 54.1 Å². The van der Waals surface area contributed by atoms with Crippen LogP contribution in [0.2, 0.25) is 0 Å². The zero-order chi connectivity index (χ0) is 15.8. The van der Waals surface area contributed by atoms with E-state index < -0.39 is 0 Å². The molecule has 0 unspecified atom stereocenters. The maximum absolute atomic E-state index is 5.14. The molecule has 4 rings (SSSR count). The lowest BCUT2D eigenvalue weighted by atomic mass is 9.87. The number of benzene rings is 2.